The summed E-state index contributed by atoms with van der Waals surface area (Å²) in [6, 6.07) is 6.57. The summed E-state index contributed by atoms with van der Waals surface area (Å²) in [6.07, 6.45) is 6.48. The number of rotatable bonds is 8. The third-order valence-corrected chi connectivity index (χ3v) is 4.10. The monoisotopic (exact) mass is 329 g/mol. The largest absolute Gasteiger partial charge is 0.310 e. The first-order chi connectivity index (χ1) is 8.69. The summed E-state index contributed by atoms with van der Waals surface area (Å²) in [5.41, 5.74) is 1.30. The van der Waals surface area contributed by atoms with E-state index >= 15 is 0 Å². The predicted molar refractivity (Wildman–Crippen MR) is 84.2 cm³/mol. The lowest BCUT2D eigenvalue weighted by molar-refractivity contribution is 0.486. The fourth-order valence-electron chi connectivity index (χ4n) is 1.90. The van der Waals surface area contributed by atoms with Crippen molar-refractivity contribution in [1.82, 2.24) is 5.32 Å². The molecule has 0 spiro atoms. The fourth-order valence-corrected chi connectivity index (χ4v) is 2.41. The van der Waals surface area contributed by atoms with Gasteiger partial charge in [-0.25, -0.2) is 0 Å². The van der Waals surface area contributed by atoms with Gasteiger partial charge in [0.15, 0.2) is 0 Å². The molecule has 1 N–H and O–H groups in total. The third-order valence-electron chi connectivity index (χ3n) is 2.89. The van der Waals surface area contributed by atoms with Crippen molar-refractivity contribution < 1.29 is 0 Å². The minimum absolute atomic E-state index is 0.401. The minimum Gasteiger partial charge on any atom is -0.310 e. The van der Waals surface area contributed by atoms with Crippen LogP contribution in [0, 0.1) is 0 Å². The minimum atomic E-state index is 0.401. The summed E-state index contributed by atoms with van der Waals surface area (Å²) in [4.78, 5) is 0. The average molecular weight is 331 g/mol. The molecule has 100 valence electrons. The number of allylic oxidation sites excluding steroid dienone is 1. The van der Waals surface area contributed by atoms with Crippen LogP contribution in [0.2, 0.25) is 5.02 Å². The van der Waals surface area contributed by atoms with E-state index in [4.69, 9.17) is 11.6 Å². The average Bonchev–Trinajstić information content (AvgIpc) is 2.37. The fraction of sp³-hybridized carbons (Fsp3) is 0.467. The number of unbranched alkanes of at least 4 members (excludes halogenated alkanes) is 1. The van der Waals surface area contributed by atoms with Gasteiger partial charge < -0.3 is 5.32 Å². The third kappa shape index (κ3) is 5.13. The summed E-state index contributed by atoms with van der Waals surface area (Å²) < 4.78 is 0.966. The second-order valence-corrected chi connectivity index (χ2v) is 5.66. The summed E-state index contributed by atoms with van der Waals surface area (Å²) in [6.45, 7) is 7.00. The van der Waals surface area contributed by atoms with Crippen molar-refractivity contribution in [2.75, 3.05) is 6.54 Å². The number of benzene rings is 1. The number of nitrogens with one attached hydrogen (secondary N) is 1. The quantitative estimate of drug-likeness (QED) is 0.490. The first kappa shape index (κ1) is 15.7. The van der Waals surface area contributed by atoms with Gasteiger partial charge in [0, 0.05) is 10.5 Å². The Labute approximate surface area is 124 Å². The molecule has 1 nitrogen and oxygen atoms in total. The van der Waals surface area contributed by atoms with Crippen molar-refractivity contribution in [1.29, 1.82) is 0 Å². The van der Waals surface area contributed by atoms with Crippen LogP contribution in [0.5, 0.6) is 0 Å². The van der Waals surface area contributed by atoms with E-state index in [1.807, 2.05) is 12.1 Å². The van der Waals surface area contributed by atoms with E-state index in [-0.39, 0.29) is 0 Å². The van der Waals surface area contributed by atoms with E-state index in [1.165, 1.54) is 5.56 Å². The first-order valence-electron chi connectivity index (χ1n) is 6.48. The van der Waals surface area contributed by atoms with Crippen molar-refractivity contribution in [3.8, 4) is 0 Å². The molecule has 0 heterocycles. The van der Waals surface area contributed by atoms with Gasteiger partial charge in [0.1, 0.15) is 0 Å². The maximum atomic E-state index is 6.04. The van der Waals surface area contributed by atoms with E-state index in [2.05, 4.69) is 46.9 Å². The number of hydrogen-bond donors (Lipinski definition) is 1. The van der Waals surface area contributed by atoms with E-state index in [9.17, 15) is 0 Å². The Balaban J connectivity index is 2.72. The van der Waals surface area contributed by atoms with E-state index in [0.29, 0.717) is 6.04 Å². The van der Waals surface area contributed by atoms with Gasteiger partial charge in [-0.3, -0.25) is 0 Å². The first-order valence-corrected chi connectivity index (χ1v) is 7.65. The Kier molecular flexibility index (Phi) is 7.64. The Bertz CT molecular complexity index is 379. The van der Waals surface area contributed by atoms with Gasteiger partial charge in [0.2, 0.25) is 0 Å². The maximum Gasteiger partial charge on any atom is 0.0548 e. The standard InChI is InChI=1S/C15H21BrClN/c1-3-5-6-7-15(18-10-4-2)12-8-9-14(17)13(16)11-12/h3,8-9,11,15,18H,1,4-7,10H2,2H3. The highest BCUT2D eigenvalue weighted by Gasteiger charge is 2.11. The zero-order chi connectivity index (χ0) is 13.4. The zero-order valence-electron chi connectivity index (χ0n) is 10.9. The second kappa shape index (κ2) is 8.73. The Hall–Kier alpha value is -0.310. The maximum absolute atomic E-state index is 6.04. The summed E-state index contributed by atoms with van der Waals surface area (Å²) in [5, 5.41) is 4.36. The molecule has 1 unspecified atom stereocenters. The molecule has 0 bridgehead atoms. The molecule has 0 saturated heterocycles. The van der Waals surface area contributed by atoms with Crippen molar-refractivity contribution in [3.05, 3.63) is 45.9 Å². The molecule has 1 rings (SSSR count). The Morgan fingerprint density at radius 1 is 1.50 bits per heavy atom. The van der Waals surface area contributed by atoms with Gasteiger partial charge in [-0.05, 0) is 65.9 Å². The summed E-state index contributed by atoms with van der Waals surface area (Å²) >= 11 is 9.52. The molecule has 0 aliphatic rings. The molecule has 0 aliphatic heterocycles. The molecule has 3 heteroatoms. The second-order valence-electron chi connectivity index (χ2n) is 4.40. The van der Waals surface area contributed by atoms with Gasteiger partial charge >= 0.3 is 0 Å². The highest BCUT2D eigenvalue weighted by atomic mass is 79.9. The molecule has 0 radical (unpaired) electrons. The Morgan fingerprint density at radius 2 is 2.28 bits per heavy atom. The topological polar surface area (TPSA) is 12.0 Å². The lowest BCUT2D eigenvalue weighted by atomic mass is 10.0. The number of halogens is 2. The van der Waals surface area contributed by atoms with E-state index < -0.39 is 0 Å². The van der Waals surface area contributed by atoms with Crippen LogP contribution in [0.4, 0.5) is 0 Å². The van der Waals surface area contributed by atoms with Crippen LogP contribution in [0.25, 0.3) is 0 Å². The highest BCUT2D eigenvalue weighted by Crippen LogP contribution is 2.28. The Morgan fingerprint density at radius 3 is 2.89 bits per heavy atom. The van der Waals surface area contributed by atoms with Gasteiger partial charge in [0.05, 0.1) is 5.02 Å². The molecule has 0 aliphatic carbocycles. The van der Waals surface area contributed by atoms with E-state index in [0.717, 1.165) is 41.7 Å². The van der Waals surface area contributed by atoms with Crippen LogP contribution >= 0.6 is 27.5 Å². The van der Waals surface area contributed by atoms with Crippen LogP contribution in [-0.4, -0.2) is 6.54 Å². The molecule has 18 heavy (non-hydrogen) atoms. The SMILES string of the molecule is C=CCCCC(NCCC)c1ccc(Cl)c(Br)c1. The normalized spacial score (nSPS) is 12.4. The zero-order valence-corrected chi connectivity index (χ0v) is 13.2. The van der Waals surface area contributed by atoms with Crippen LogP contribution in [0.15, 0.2) is 35.3 Å². The van der Waals surface area contributed by atoms with Crippen LogP contribution < -0.4 is 5.32 Å². The van der Waals surface area contributed by atoms with Gasteiger partial charge in [0.25, 0.3) is 0 Å². The lowest BCUT2D eigenvalue weighted by Crippen LogP contribution is -2.22. The smallest absolute Gasteiger partial charge is 0.0548 e. The molecule has 0 aromatic heterocycles. The van der Waals surface area contributed by atoms with Gasteiger partial charge in [-0.1, -0.05) is 30.7 Å². The number of hydrogen-bond acceptors (Lipinski definition) is 1. The van der Waals surface area contributed by atoms with Gasteiger partial charge in [-0.15, -0.1) is 6.58 Å². The van der Waals surface area contributed by atoms with Crippen molar-refractivity contribution in [2.24, 2.45) is 0 Å². The van der Waals surface area contributed by atoms with Crippen molar-refractivity contribution in [2.45, 2.75) is 38.6 Å². The van der Waals surface area contributed by atoms with Crippen molar-refractivity contribution in [3.63, 3.8) is 0 Å². The summed E-state index contributed by atoms with van der Waals surface area (Å²) in [5.74, 6) is 0. The van der Waals surface area contributed by atoms with Crippen molar-refractivity contribution >= 4 is 27.5 Å². The van der Waals surface area contributed by atoms with Crippen LogP contribution in [0.3, 0.4) is 0 Å². The van der Waals surface area contributed by atoms with Gasteiger partial charge in [-0.2, -0.15) is 0 Å². The molecule has 1 aromatic rings. The molecular weight excluding hydrogens is 310 g/mol. The lowest BCUT2D eigenvalue weighted by Gasteiger charge is -2.19. The van der Waals surface area contributed by atoms with Crippen LogP contribution in [-0.2, 0) is 0 Å². The molecule has 0 saturated carbocycles. The molecular formula is C15H21BrClN. The molecule has 1 atom stereocenters. The predicted octanol–water partition coefficient (Wildman–Crippen LogP) is 5.50. The summed E-state index contributed by atoms with van der Waals surface area (Å²) in [7, 11) is 0. The molecule has 1 aromatic carbocycles. The van der Waals surface area contributed by atoms with Crippen LogP contribution in [0.1, 0.15) is 44.2 Å². The highest BCUT2D eigenvalue weighted by molar-refractivity contribution is 9.10. The molecule has 0 amide bonds. The van der Waals surface area contributed by atoms with E-state index in [1.54, 1.807) is 0 Å². The molecule has 0 fully saturated rings.